The smallest absolute Gasteiger partial charge is 0.00423 e. The molecule has 1 heteroatoms. The van der Waals surface area contributed by atoms with Gasteiger partial charge >= 0.3 is 0 Å². The molecule has 0 saturated carbocycles. The van der Waals surface area contributed by atoms with Crippen LogP contribution in [0.1, 0.15) is 30.9 Å². The van der Waals surface area contributed by atoms with Gasteiger partial charge in [0.05, 0.1) is 0 Å². The number of hydrogen-bond donors (Lipinski definition) is 1. The van der Waals surface area contributed by atoms with Crippen LogP contribution in [0.4, 0.5) is 0 Å². The molecule has 2 rings (SSSR count). The monoisotopic (exact) mass is 265 g/mol. The molecule has 1 nitrogen and oxygen atoms in total. The van der Waals surface area contributed by atoms with Gasteiger partial charge in [-0.15, -0.1) is 0 Å². The molecule has 1 aromatic rings. The van der Waals surface area contributed by atoms with Crippen LogP contribution in [-0.2, 0) is 6.42 Å². The first kappa shape index (κ1) is 14.5. The lowest BCUT2D eigenvalue weighted by Crippen LogP contribution is -1.98. The van der Waals surface area contributed by atoms with Gasteiger partial charge in [0.15, 0.2) is 0 Å². The number of allylic oxidation sites excluding steroid dienone is 6. The van der Waals surface area contributed by atoms with Gasteiger partial charge < -0.3 is 5.73 Å². The Labute approximate surface area is 122 Å². The predicted octanol–water partition coefficient (Wildman–Crippen LogP) is 4.42. The molecule has 104 valence electrons. The van der Waals surface area contributed by atoms with Gasteiger partial charge in [-0.25, -0.2) is 0 Å². The summed E-state index contributed by atoms with van der Waals surface area (Å²) in [6.45, 7) is 6.77. The van der Waals surface area contributed by atoms with Gasteiger partial charge in [0.2, 0.25) is 0 Å². The molecule has 2 N–H and O–H groups in total. The number of nitrogens with two attached hydrogens (primary N) is 1. The second-order valence-corrected chi connectivity index (χ2v) is 5.00. The summed E-state index contributed by atoms with van der Waals surface area (Å²) >= 11 is 0. The highest BCUT2D eigenvalue weighted by Crippen LogP contribution is 2.35. The molecule has 0 amide bonds. The second kappa shape index (κ2) is 7.06. The number of aryl methyl sites for hydroxylation is 1. The van der Waals surface area contributed by atoms with Crippen LogP contribution in [0.15, 0.2) is 66.3 Å². The molecule has 20 heavy (non-hydrogen) atoms. The normalized spacial score (nSPS) is 17.4. The first-order valence-corrected chi connectivity index (χ1v) is 7.29. The number of benzene rings is 1. The van der Waals surface area contributed by atoms with E-state index in [9.17, 15) is 0 Å². The summed E-state index contributed by atoms with van der Waals surface area (Å²) < 4.78 is 0. The molecule has 0 fully saturated rings. The van der Waals surface area contributed by atoms with Crippen LogP contribution < -0.4 is 5.73 Å². The molecule has 0 spiro atoms. The molecule has 1 aromatic carbocycles. The molecule has 0 heterocycles. The highest BCUT2D eigenvalue weighted by molar-refractivity contribution is 5.85. The van der Waals surface area contributed by atoms with Crippen LogP contribution in [0.3, 0.4) is 0 Å². The fourth-order valence-corrected chi connectivity index (χ4v) is 2.79. The van der Waals surface area contributed by atoms with E-state index in [1.807, 2.05) is 6.08 Å². The van der Waals surface area contributed by atoms with Crippen molar-refractivity contribution >= 4 is 5.57 Å². The first-order chi connectivity index (χ1) is 9.81. The minimum absolute atomic E-state index is 0.676. The van der Waals surface area contributed by atoms with Crippen molar-refractivity contribution in [1.82, 2.24) is 0 Å². The number of fused-ring (bicyclic) bond motifs is 1. The molecule has 0 atom stereocenters. The Hall–Kier alpha value is -1.86. The summed E-state index contributed by atoms with van der Waals surface area (Å²) in [4.78, 5) is 0. The van der Waals surface area contributed by atoms with E-state index in [1.54, 1.807) is 0 Å². The lowest BCUT2D eigenvalue weighted by molar-refractivity contribution is 0.967. The summed E-state index contributed by atoms with van der Waals surface area (Å²) in [5, 5.41) is 0. The van der Waals surface area contributed by atoms with Gasteiger partial charge in [0.1, 0.15) is 0 Å². The van der Waals surface area contributed by atoms with Crippen molar-refractivity contribution in [1.29, 1.82) is 0 Å². The highest BCUT2D eigenvalue weighted by atomic mass is 14.5. The van der Waals surface area contributed by atoms with Gasteiger partial charge in [-0.2, -0.15) is 0 Å². The Morgan fingerprint density at radius 1 is 1.25 bits per heavy atom. The van der Waals surface area contributed by atoms with E-state index in [4.69, 9.17) is 5.73 Å². The lowest BCUT2D eigenvalue weighted by atomic mass is 9.92. The number of hydrogen-bond acceptors (Lipinski definition) is 1. The van der Waals surface area contributed by atoms with Crippen LogP contribution in [0.2, 0.25) is 0 Å². The van der Waals surface area contributed by atoms with Crippen molar-refractivity contribution in [2.24, 2.45) is 5.73 Å². The molecule has 1 aliphatic rings. The van der Waals surface area contributed by atoms with Crippen molar-refractivity contribution in [3.63, 3.8) is 0 Å². The summed E-state index contributed by atoms with van der Waals surface area (Å²) in [6.07, 6.45) is 11.6. The summed E-state index contributed by atoms with van der Waals surface area (Å²) in [7, 11) is 0. The van der Waals surface area contributed by atoms with E-state index < -0.39 is 0 Å². The fraction of sp³-hybridized carbons (Fsp3) is 0.263. The van der Waals surface area contributed by atoms with Crippen molar-refractivity contribution < 1.29 is 0 Å². The molecule has 0 aromatic heterocycles. The van der Waals surface area contributed by atoms with Crippen molar-refractivity contribution in [2.75, 3.05) is 6.54 Å². The van der Waals surface area contributed by atoms with E-state index >= 15 is 0 Å². The third kappa shape index (κ3) is 3.00. The maximum atomic E-state index is 5.68. The topological polar surface area (TPSA) is 26.0 Å². The Bertz CT molecular complexity index is 573. The Morgan fingerprint density at radius 2 is 2.05 bits per heavy atom. The quantitative estimate of drug-likeness (QED) is 0.856. The Kier molecular flexibility index (Phi) is 5.14. The van der Waals surface area contributed by atoms with Crippen LogP contribution in [0, 0.1) is 0 Å². The van der Waals surface area contributed by atoms with Crippen molar-refractivity contribution in [3.05, 3.63) is 77.4 Å². The van der Waals surface area contributed by atoms with Crippen LogP contribution >= 0.6 is 0 Å². The molecule has 0 radical (unpaired) electrons. The van der Waals surface area contributed by atoms with E-state index in [1.165, 1.54) is 27.8 Å². The lowest BCUT2D eigenvalue weighted by Gasteiger charge is -2.12. The van der Waals surface area contributed by atoms with Gasteiger partial charge in [0, 0.05) is 0 Å². The van der Waals surface area contributed by atoms with E-state index in [2.05, 4.69) is 56.0 Å². The fourth-order valence-electron chi connectivity index (χ4n) is 2.79. The van der Waals surface area contributed by atoms with E-state index in [-0.39, 0.29) is 0 Å². The molecule has 0 saturated heterocycles. The maximum Gasteiger partial charge on any atom is -0.00423 e. The second-order valence-electron chi connectivity index (χ2n) is 5.00. The first-order valence-electron chi connectivity index (χ1n) is 7.29. The average Bonchev–Trinajstić information content (AvgIpc) is 2.63. The van der Waals surface area contributed by atoms with Crippen molar-refractivity contribution in [3.8, 4) is 0 Å². The molecule has 0 bridgehead atoms. The molecule has 0 aliphatic heterocycles. The maximum absolute atomic E-state index is 5.68. The molecule has 0 unspecified atom stereocenters. The van der Waals surface area contributed by atoms with Crippen molar-refractivity contribution in [2.45, 2.75) is 26.2 Å². The van der Waals surface area contributed by atoms with E-state index in [0.717, 1.165) is 19.3 Å². The predicted molar refractivity (Wildman–Crippen MR) is 88.4 cm³/mol. The zero-order valence-electron chi connectivity index (χ0n) is 12.2. The van der Waals surface area contributed by atoms with Gasteiger partial charge in [-0.05, 0) is 60.6 Å². The molecular weight excluding hydrogens is 242 g/mol. The van der Waals surface area contributed by atoms with E-state index in [0.29, 0.717) is 6.54 Å². The minimum atomic E-state index is 0.676. The molecule has 1 aliphatic carbocycles. The minimum Gasteiger partial charge on any atom is -0.330 e. The highest BCUT2D eigenvalue weighted by Gasteiger charge is 2.16. The standard InChI is InChI=1S/C19H23N/c1-3-8-15-12-13-16-9-5-6-10-18(16)19(11-7-14-20)17(15)4-2/h3-6,8-11H,2,7,12-14,20H2,1H3/b8-3-,19-11-. The summed E-state index contributed by atoms with van der Waals surface area (Å²) in [5.41, 5.74) is 12.3. The van der Waals surface area contributed by atoms with Gasteiger partial charge in [-0.1, -0.05) is 55.1 Å². The average molecular weight is 265 g/mol. The van der Waals surface area contributed by atoms with Crippen LogP contribution in [0.25, 0.3) is 5.57 Å². The van der Waals surface area contributed by atoms with Crippen LogP contribution in [-0.4, -0.2) is 6.54 Å². The third-order valence-electron chi connectivity index (χ3n) is 3.69. The SMILES string of the molecule is C=CC1=C(/C=C\C)CCc2ccccc2/C1=C\CCN. The Balaban J connectivity index is 2.62. The summed E-state index contributed by atoms with van der Waals surface area (Å²) in [6, 6.07) is 8.66. The van der Waals surface area contributed by atoms with Gasteiger partial charge in [-0.3, -0.25) is 0 Å². The van der Waals surface area contributed by atoms with Gasteiger partial charge in [0.25, 0.3) is 0 Å². The third-order valence-corrected chi connectivity index (χ3v) is 3.69. The molecular formula is C19H23N. The zero-order chi connectivity index (χ0) is 14.4. The largest absolute Gasteiger partial charge is 0.330 e. The zero-order valence-corrected chi connectivity index (χ0v) is 12.2. The number of rotatable bonds is 4. The van der Waals surface area contributed by atoms with Crippen LogP contribution in [0.5, 0.6) is 0 Å². The Morgan fingerprint density at radius 3 is 2.75 bits per heavy atom. The summed E-state index contributed by atoms with van der Waals surface area (Å²) in [5.74, 6) is 0.